The molecule has 0 aliphatic rings. The zero-order valence-electron chi connectivity index (χ0n) is 7.54. The van der Waals surface area contributed by atoms with Crippen molar-refractivity contribution in [1.29, 1.82) is 10.5 Å². The summed E-state index contributed by atoms with van der Waals surface area (Å²) in [5.74, 6) is 0. The minimum Gasteiger partial charge on any atom is -0.198 e. The third kappa shape index (κ3) is 2.07. The van der Waals surface area contributed by atoms with Crippen LogP contribution in [0.4, 0.5) is 0 Å². The third-order valence-corrected chi connectivity index (χ3v) is 2.03. The second-order valence-corrected chi connectivity index (χ2v) is 2.88. The van der Waals surface area contributed by atoms with Crippen LogP contribution in [-0.2, 0) is 12.8 Å². The summed E-state index contributed by atoms with van der Waals surface area (Å²) in [5.41, 5.74) is 3.07. The van der Waals surface area contributed by atoms with E-state index in [2.05, 4.69) is 12.1 Å². The first-order valence-corrected chi connectivity index (χ1v) is 4.11. The molecule has 13 heavy (non-hydrogen) atoms. The van der Waals surface area contributed by atoms with Crippen molar-refractivity contribution in [3.8, 4) is 12.1 Å². The van der Waals surface area contributed by atoms with Crippen molar-refractivity contribution in [2.75, 3.05) is 0 Å². The van der Waals surface area contributed by atoms with Crippen LogP contribution in [0, 0.1) is 29.6 Å². The summed E-state index contributed by atoms with van der Waals surface area (Å²) >= 11 is 0. The van der Waals surface area contributed by atoms with Gasteiger partial charge in [0.2, 0.25) is 0 Å². The maximum Gasteiger partial charge on any atom is 0.0669 e. The maximum atomic E-state index is 8.60. The molecule has 0 amide bonds. The topological polar surface area (TPSA) is 47.6 Å². The summed E-state index contributed by atoms with van der Waals surface area (Å²) in [6, 6.07) is 10.0. The van der Waals surface area contributed by atoms with E-state index in [1.807, 2.05) is 25.1 Å². The van der Waals surface area contributed by atoms with Crippen molar-refractivity contribution in [3.63, 3.8) is 0 Å². The molecule has 0 atom stereocenters. The van der Waals surface area contributed by atoms with Gasteiger partial charge in [0.15, 0.2) is 0 Å². The van der Waals surface area contributed by atoms with Crippen molar-refractivity contribution in [1.82, 2.24) is 0 Å². The molecule has 0 aromatic heterocycles. The first-order chi connectivity index (χ1) is 6.29. The van der Waals surface area contributed by atoms with E-state index in [-0.39, 0.29) is 0 Å². The average Bonchev–Trinajstić information content (AvgIpc) is 2.11. The maximum absolute atomic E-state index is 8.60. The fourth-order valence-corrected chi connectivity index (χ4v) is 1.35. The van der Waals surface area contributed by atoms with Crippen LogP contribution in [0.2, 0.25) is 0 Å². The number of hydrogen-bond donors (Lipinski definition) is 0. The normalized spacial score (nSPS) is 8.85. The molecule has 1 aromatic carbocycles. The van der Waals surface area contributed by atoms with E-state index in [1.54, 1.807) is 0 Å². The molecule has 2 heteroatoms. The molecule has 2 nitrogen and oxygen atoms in total. The summed E-state index contributed by atoms with van der Waals surface area (Å²) < 4.78 is 0. The van der Waals surface area contributed by atoms with Crippen molar-refractivity contribution in [2.24, 2.45) is 0 Å². The van der Waals surface area contributed by atoms with Gasteiger partial charge in [-0.25, -0.2) is 0 Å². The molecule has 0 radical (unpaired) electrons. The summed E-state index contributed by atoms with van der Waals surface area (Å²) in [6.07, 6.45) is 0.780. The lowest BCUT2D eigenvalue weighted by atomic mass is 9.98. The van der Waals surface area contributed by atoms with Gasteiger partial charge >= 0.3 is 0 Å². The minimum absolute atomic E-state index is 0.388. The summed E-state index contributed by atoms with van der Waals surface area (Å²) in [6.45, 7) is 1.97. The van der Waals surface area contributed by atoms with Gasteiger partial charge < -0.3 is 0 Å². The van der Waals surface area contributed by atoms with Crippen LogP contribution < -0.4 is 0 Å². The van der Waals surface area contributed by atoms with Gasteiger partial charge in [-0.3, -0.25) is 0 Å². The molecular weight excluding hydrogens is 160 g/mol. The number of nitriles is 2. The lowest BCUT2D eigenvalue weighted by Crippen LogP contribution is -1.95. The van der Waals surface area contributed by atoms with Gasteiger partial charge in [-0.15, -0.1) is 0 Å². The van der Waals surface area contributed by atoms with Crippen molar-refractivity contribution < 1.29 is 0 Å². The Bertz CT molecular complexity index is 380. The van der Waals surface area contributed by atoms with Crippen LogP contribution >= 0.6 is 0 Å². The average molecular weight is 170 g/mol. The van der Waals surface area contributed by atoms with Gasteiger partial charge in [-0.2, -0.15) is 10.5 Å². The number of aryl methyl sites for hydroxylation is 1. The Morgan fingerprint density at radius 2 is 1.85 bits per heavy atom. The molecule has 0 unspecified atom stereocenters. The lowest BCUT2D eigenvalue weighted by molar-refractivity contribution is 1.12. The summed E-state index contributed by atoms with van der Waals surface area (Å²) in [7, 11) is 0. The van der Waals surface area contributed by atoms with Crippen LogP contribution in [0.3, 0.4) is 0 Å². The Balaban J connectivity index is 3.12. The van der Waals surface area contributed by atoms with Gasteiger partial charge in [-0.05, 0) is 23.6 Å². The van der Waals surface area contributed by atoms with Gasteiger partial charge in [0.1, 0.15) is 0 Å². The lowest BCUT2D eigenvalue weighted by Gasteiger charge is -2.05. The van der Waals surface area contributed by atoms with Crippen molar-refractivity contribution in [3.05, 3.63) is 34.9 Å². The molecule has 0 aliphatic carbocycles. The number of rotatable bonds is 2. The predicted octanol–water partition coefficient (Wildman–Crippen LogP) is 2.13. The zero-order chi connectivity index (χ0) is 9.68. The quantitative estimate of drug-likeness (QED) is 0.682. The fraction of sp³-hybridized carbons (Fsp3) is 0.273. The van der Waals surface area contributed by atoms with E-state index in [1.165, 1.54) is 0 Å². The smallest absolute Gasteiger partial charge is 0.0669 e. The molecular formula is C11H10N2. The SMILES string of the molecule is Cc1cccc(CC#N)c1CC#N. The van der Waals surface area contributed by atoms with E-state index in [0.29, 0.717) is 12.8 Å². The highest BCUT2D eigenvalue weighted by Gasteiger charge is 2.03. The molecule has 1 rings (SSSR count). The van der Waals surface area contributed by atoms with Crippen LogP contribution in [0.15, 0.2) is 18.2 Å². The molecule has 0 saturated carbocycles. The highest BCUT2D eigenvalue weighted by atomic mass is 14.3. The number of hydrogen-bond acceptors (Lipinski definition) is 2. The van der Waals surface area contributed by atoms with E-state index in [4.69, 9.17) is 10.5 Å². The minimum atomic E-state index is 0.388. The summed E-state index contributed by atoms with van der Waals surface area (Å²) in [4.78, 5) is 0. The highest BCUT2D eigenvalue weighted by Crippen LogP contribution is 2.14. The Kier molecular flexibility index (Phi) is 3.06. The summed E-state index contributed by atoms with van der Waals surface area (Å²) in [5, 5.41) is 17.2. The Labute approximate surface area is 78.0 Å². The largest absolute Gasteiger partial charge is 0.198 e. The molecule has 0 spiro atoms. The van der Waals surface area contributed by atoms with Crippen LogP contribution in [0.1, 0.15) is 16.7 Å². The molecule has 0 bridgehead atoms. The van der Waals surface area contributed by atoms with E-state index in [9.17, 15) is 0 Å². The second-order valence-electron chi connectivity index (χ2n) is 2.88. The number of nitrogens with zero attached hydrogens (tertiary/aromatic N) is 2. The van der Waals surface area contributed by atoms with Gasteiger partial charge in [0, 0.05) is 0 Å². The Hall–Kier alpha value is -1.80. The standard InChI is InChI=1S/C11H10N2/c1-9-3-2-4-10(5-7-12)11(9)6-8-13/h2-4H,5-6H2,1H3. The van der Waals surface area contributed by atoms with Gasteiger partial charge in [-0.1, -0.05) is 18.2 Å². The van der Waals surface area contributed by atoms with Crippen LogP contribution in [0.5, 0.6) is 0 Å². The van der Waals surface area contributed by atoms with Crippen molar-refractivity contribution in [2.45, 2.75) is 19.8 Å². The van der Waals surface area contributed by atoms with Crippen LogP contribution in [-0.4, -0.2) is 0 Å². The van der Waals surface area contributed by atoms with E-state index in [0.717, 1.165) is 16.7 Å². The Morgan fingerprint density at radius 1 is 1.15 bits per heavy atom. The molecule has 0 aliphatic heterocycles. The third-order valence-electron chi connectivity index (χ3n) is 2.03. The number of benzene rings is 1. The van der Waals surface area contributed by atoms with Crippen LogP contribution in [0.25, 0.3) is 0 Å². The Morgan fingerprint density at radius 3 is 2.46 bits per heavy atom. The van der Waals surface area contributed by atoms with E-state index >= 15 is 0 Å². The molecule has 0 fully saturated rings. The zero-order valence-corrected chi connectivity index (χ0v) is 7.54. The second kappa shape index (κ2) is 4.28. The monoisotopic (exact) mass is 170 g/mol. The molecule has 0 N–H and O–H groups in total. The molecule has 0 heterocycles. The first kappa shape index (κ1) is 9.29. The van der Waals surface area contributed by atoms with Crippen molar-refractivity contribution >= 4 is 0 Å². The molecule has 1 aromatic rings. The van der Waals surface area contributed by atoms with Gasteiger partial charge in [0.05, 0.1) is 25.0 Å². The molecule has 0 saturated heterocycles. The highest BCUT2D eigenvalue weighted by molar-refractivity contribution is 5.37. The van der Waals surface area contributed by atoms with Gasteiger partial charge in [0.25, 0.3) is 0 Å². The predicted molar refractivity (Wildman–Crippen MR) is 49.8 cm³/mol. The first-order valence-electron chi connectivity index (χ1n) is 4.11. The van der Waals surface area contributed by atoms with E-state index < -0.39 is 0 Å². The fourth-order valence-electron chi connectivity index (χ4n) is 1.35. The molecule has 64 valence electrons.